The number of nitrogens with zero attached hydrogens (tertiary/aromatic N) is 2. The van der Waals surface area contributed by atoms with Crippen LogP contribution in [0.3, 0.4) is 0 Å². The molecule has 2 aliphatic heterocycles. The normalized spacial score (nSPS) is 21.8. The quantitative estimate of drug-likeness (QED) is 0.623. The minimum atomic E-state index is -0.733. The van der Waals surface area contributed by atoms with Crippen molar-refractivity contribution in [1.82, 2.24) is 4.90 Å². The lowest BCUT2D eigenvalue weighted by Crippen LogP contribution is -2.41. The molecule has 0 fully saturated rings. The molecule has 0 unspecified atom stereocenters. The molecule has 1 aromatic carbocycles. The zero-order valence-electron chi connectivity index (χ0n) is 12.3. The molecule has 21 heavy (non-hydrogen) atoms. The minimum absolute atomic E-state index is 0.153. The first-order chi connectivity index (χ1) is 10.0. The average Bonchev–Trinajstić information content (AvgIpc) is 2.92. The number of ether oxygens (including phenoxy) is 3. The zero-order chi connectivity index (χ0) is 15.1. The summed E-state index contributed by atoms with van der Waals surface area (Å²) in [7, 11) is 3.46. The molecule has 0 aliphatic carbocycles. The molecule has 0 radical (unpaired) electrons. The van der Waals surface area contributed by atoms with Crippen molar-refractivity contribution in [1.29, 1.82) is 0 Å². The molecule has 2 atom stereocenters. The molecular formula is C14H18N2O5. The van der Waals surface area contributed by atoms with E-state index in [0.717, 1.165) is 24.1 Å². The number of fused-ring (bicyclic) bond motifs is 2. The topological polar surface area (TPSA) is 74.1 Å². The van der Waals surface area contributed by atoms with E-state index in [1.54, 1.807) is 14.0 Å². The number of hydrogen-bond acceptors (Lipinski definition) is 6. The Balaban J connectivity index is 2.18. The summed E-state index contributed by atoms with van der Waals surface area (Å²) >= 11 is 0. The van der Waals surface area contributed by atoms with Crippen molar-refractivity contribution in [3.63, 3.8) is 0 Å². The first-order valence-electron chi connectivity index (χ1n) is 6.87. The average molecular weight is 294 g/mol. The summed E-state index contributed by atoms with van der Waals surface area (Å²) in [5.74, 6) is 1.76. The summed E-state index contributed by atoms with van der Waals surface area (Å²) in [4.78, 5) is 13.0. The second-order valence-corrected chi connectivity index (χ2v) is 5.42. The molecule has 1 aromatic rings. The monoisotopic (exact) mass is 294 g/mol. The fourth-order valence-electron chi connectivity index (χ4n) is 3.19. The molecule has 0 saturated carbocycles. The number of hydrogen-bond donors (Lipinski definition) is 0. The van der Waals surface area contributed by atoms with Crippen LogP contribution in [0.25, 0.3) is 0 Å². The highest BCUT2D eigenvalue weighted by Crippen LogP contribution is 2.50. The van der Waals surface area contributed by atoms with Crippen LogP contribution in [0, 0.1) is 10.1 Å². The SMILES string of the molecule is COc1c2c(cc3c1[C@@H]([C@H](C)[N+](=O)[O-])N(C)CC3)OCO2. The summed E-state index contributed by atoms with van der Waals surface area (Å²) < 4.78 is 16.4. The van der Waals surface area contributed by atoms with Gasteiger partial charge in [0, 0.05) is 24.0 Å². The van der Waals surface area contributed by atoms with Gasteiger partial charge < -0.3 is 14.2 Å². The third-order valence-electron chi connectivity index (χ3n) is 4.24. The van der Waals surface area contributed by atoms with Gasteiger partial charge in [0.1, 0.15) is 6.04 Å². The third-order valence-corrected chi connectivity index (χ3v) is 4.24. The maximum Gasteiger partial charge on any atom is 0.231 e. The second kappa shape index (κ2) is 5.07. The maximum atomic E-state index is 11.3. The molecule has 0 N–H and O–H groups in total. The van der Waals surface area contributed by atoms with Crippen LogP contribution in [-0.4, -0.2) is 43.4 Å². The van der Waals surface area contributed by atoms with Crippen LogP contribution >= 0.6 is 0 Å². The molecule has 3 rings (SSSR count). The fraction of sp³-hybridized carbons (Fsp3) is 0.571. The Morgan fingerprint density at radius 1 is 1.52 bits per heavy atom. The number of rotatable bonds is 3. The van der Waals surface area contributed by atoms with E-state index in [0.29, 0.717) is 17.2 Å². The van der Waals surface area contributed by atoms with E-state index in [2.05, 4.69) is 0 Å². The molecule has 0 spiro atoms. The minimum Gasteiger partial charge on any atom is -0.492 e. The standard InChI is InChI=1S/C14H18N2O5/c1-8(16(17)18)12-11-9(4-5-15(12)2)6-10-13(14(11)19-3)21-7-20-10/h6,8,12H,4-5,7H2,1-3H3/t8-,12+/m0/s1. The Morgan fingerprint density at radius 2 is 2.29 bits per heavy atom. The van der Waals surface area contributed by atoms with Gasteiger partial charge in [-0.05, 0) is 25.1 Å². The van der Waals surface area contributed by atoms with Gasteiger partial charge in [0.2, 0.25) is 18.6 Å². The number of likely N-dealkylation sites (N-methyl/N-ethyl adjacent to an activating group) is 1. The van der Waals surface area contributed by atoms with Gasteiger partial charge in [-0.15, -0.1) is 0 Å². The molecule has 0 aromatic heterocycles. The fourth-order valence-corrected chi connectivity index (χ4v) is 3.19. The van der Waals surface area contributed by atoms with Gasteiger partial charge in [0.25, 0.3) is 0 Å². The van der Waals surface area contributed by atoms with Gasteiger partial charge in [-0.3, -0.25) is 15.0 Å². The number of methoxy groups -OCH3 is 1. The summed E-state index contributed by atoms with van der Waals surface area (Å²) in [6.07, 6.45) is 0.805. The van der Waals surface area contributed by atoms with E-state index in [9.17, 15) is 10.1 Å². The first-order valence-corrected chi connectivity index (χ1v) is 6.87. The van der Waals surface area contributed by atoms with Crippen LogP contribution in [0.5, 0.6) is 17.2 Å². The van der Waals surface area contributed by atoms with Crippen molar-refractivity contribution < 1.29 is 19.1 Å². The zero-order valence-corrected chi connectivity index (χ0v) is 12.3. The molecule has 0 bridgehead atoms. The summed E-state index contributed by atoms with van der Waals surface area (Å²) in [5, 5.41) is 11.3. The van der Waals surface area contributed by atoms with E-state index in [1.165, 1.54) is 0 Å². The predicted molar refractivity (Wildman–Crippen MR) is 74.6 cm³/mol. The Kier molecular flexibility index (Phi) is 3.36. The van der Waals surface area contributed by atoms with E-state index in [-0.39, 0.29) is 17.8 Å². The highest BCUT2D eigenvalue weighted by Gasteiger charge is 2.40. The first kappa shape index (κ1) is 13.9. The maximum absolute atomic E-state index is 11.3. The lowest BCUT2D eigenvalue weighted by Gasteiger charge is -2.35. The highest BCUT2D eigenvalue weighted by atomic mass is 16.7. The van der Waals surface area contributed by atoms with Gasteiger partial charge in [-0.2, -0.15) is 0 Å². The summed E-state index contributed by atoms with van der Waals surface area (Å²) in [6.45, 7) is 2.54. The highest BCUT2D eigenvalue weighted by molar-refractivity contribution is 5.62. The molecule has 7 heteroatoms. The second-order valence-electron chi connectivity index (χ2n) is 5.42. The Labute approximate surface area is 122 Å². The van der Waals surface area contributed by atoms with Crippen LogP contribution < -0.4 is 14.2 Å². The van der Waals surface area contributed by atoms with Crippen LogP contribution in [0.2, 0.25) is 0 Å². The molecule has 0 amide bonds. The summed E-state index contributed by atoms with van der Waals surface area (Å²) in [5.41, 5.74) is 1.88. The lowest BCUT2D eigenvalue weighted by molar-refractivity contribution is -0.527. The van der Waals surface area contributed by atoms with Crippen molar-refractivity contribution in [2.75, 3.05) is 27.5 Å². The van der Waals surface area contributed by atoms with Gasteiger partial charge in [-0.25, -0.2) is 0 Å². The lowest BCUT2D eigenvalue weighted by atomic mass is 9.88. The smallest absolute Gasteiger partial charge is 0.231 e. The summed E-state index contributed by atoms with van der Waals surface area (Å²) in [6, 6.07) is 0.851. The Hall–Kier alpha value is -2.02. The predicted octanol–water partition coefficient (Wildman–Crippen LogP) is 1.62. The van der Waals surface area contributed by atoms with Crippen LogP contribution in [0.15, 0.2) is 6.07 Å². The molecule has 0 saturated heterocycles. The molecule has 114 valence electrons. The van der Waals surface area contributed by atoms with Gasteiger partial charge >= 0.3 is 0 Å². The van der Waals surface area contributed by atoms with Crippen LogP contribution in [0.1, 0.15) is 24.1 Å². The van der Waals surface area contributed by atoms with Crippen LogP contribution in [-0.2, 0) is 6.42 Å². The van der Waals surface area contributed by atoms with Crippen molar-refractivity contribution in [2.24, 2.45) is 0 Å². The largest absolute Gasteiger partial charge is 0.492 e. The van der Waals surface area contributed by atoms with E-state index in [1.807, 2.05) is 18.0 Å². The molecule has 7 nitrogen and oxygen atoms in total. The van der Waals surface area contributed by atoms with Crippen molar-refractivity contribution >= 4 is 0 Å². The molecule has 2 heterocycles. The Bertz CT molecular complexity index is 589. The van der Waals surface area contributed by atoms with Crippen LogP contribution in [0.4, 0.5) is 0 Å². The Morgan fingerprint density at radius 3 is 2.95 bits per heavy atom. The number of benzene rings is 1. The van der Waals surface area contributed by atoms with Crippen molar-refractivity contribution in [3.05, 3.63) is 27.3 Å². The van der Waals surface area contributed by atoms with Gasteiger partial charge in [0.15, 0.2) is 11.5 Å². The van der Waals surface area contributed by atoms with Crippen molar-refractivity contribution in [3.8, 4) is 17.2 Å². The van der Waals surface area contributed by atoms with E-state index < -0.39 is 6.04 Å². The van der Waals surface area contributed by atoms with Gasteiger partial charge in [-0.1, -0.05) is 0 Å². The molecule has 2 aliphatic rings. The van der Waals surface area contributed by atoms with Gasteiger partial charge in [0.05, 0.1) is 7.11 Å². The van der Waals surface area contributed by atoms with E-state index >= 15 is 0 Å². The van der Waals surface area contributed by atoms with E-state index in [4.69, 9.17) is 14.2 Å². The van der Waals surface area contributed by atoms with Crippen molar-refractivity contribution in [2.45, 2.75) is 25.4 Å². The number of nitro groups is 1. The molecular weight excluding hydrogens is 276 g/mol. The third kappa shape index (κ3) is 2.08.